The summed E-state index contributed by atoms with van der Waals surface area (Å²) in [5, 5.41) is 0. The van der Waals surface area contributed by atoms with E-state index in [0.29, 0.717) is 6.61 Å². The fourth-order valence-corrected chi connectivity index (χ4v) is 4.90. The van der Waals surface area contributed by atoms with Crippen LogP contribution in [0.5, 0.6) is 11.5 Å². The smallest absolute Gasteiger partial charge is 0.315 e. The third kappa shape index (κ3) is 4.14. The molecule has 0 amide bonds. The maximum Gasteiger partial charge on any atom is 0.315 e. The predicted octanol–water partition coefficient (Wildman–Crippen LogP) is 5.42. The van der Waals surface area contributed by atoms with Crippen LogP contribution in [0.3, 0.4) is 0 Å². The molecule has 2 heterocycles. The molecule has 0 aliphatic carbocycles. The molecule has 2 aromatic carbocycles. The summed E-state index contributed by atoms with van der Waals surface area (Å²) in [7, 11) is 1.70. The van der Waals surface area contributed by atoms with Crippen molar-refractivity contribution in [3.63, 3.8) is 0 Å². The Bertz CT molecular complexity index is 1120. The van der Waals surface area contributed by atoms with Gasteiger partial charge >= 0.3 is 5.97 Å². The molecule has 0 saturated heterocycles. The Kier molecular flexibility index (Phi) is 5.58. The van der Waals surface area contributed by atoms with Gasteiger partial charge < -0.3 is 14.2 Å². The fraction of sp³-hybridized carbons (Fsp3) is 0.500. The minimum Gasteiger partial charge on any atom is -0.493 e. The normalized spacial score (nSPS) is 18.0. The Morgan fingerprint density at radius 3 is 2.39 bits per heavy atom. The summed E-state index contributed by atoms with van der Waals surface area (Å²) in [5.74, 6) is 1.40. The van der Waals surface area contributed by atoms with Gasteiger partial charge in [-0.25, -0.2) is 0 Å². The molecule has 0 saturated carbocycles. The number of carbonyl (C=O) groups excluding carboxylic acids is 1. The van der Waals surface area contributed by atoms with E-state index in [9.17, 15) is 4.79 Å². The summed E-state index contributed by atoms with van der Waals surface area (Å²) >= 11 is 0. The van der Waals surface area contributed by atoms with Crippen molar-refractivity contribution in [3.05, 3.63) is 58.1 Å². The lowest BCUT2D eigenvalue weighted by Crippen LogP contribution is -2.32. The SMILES string of the molecule is CCOC(=O)C(C)(C)c1ccc(C2=NC(C)(C)Cc3cc(OC)c4c(c32)CC(C)(C)O4)cc1. The lowest BCUT2D eigenvalue weighted by Gasteiger charge is -2.31. The molecule has 0 N–H and O–H groups in total. The Morgan fingerprint density at radius 1 is 1.12 bits per heavy atom. The van der Waals surface area contributed by atoms with E-state index in [0.717, 1.165) is 46.7 Å². The standard InChI is InChI=1S/C28H35NO4/c1-9-32-25(30)28(6,7)19-12-10-17(11-13-19)23-22-18(15-26(2,3)29-23)14-21(31-8)24-20(22)16-27(4,5)33-24/h10-14H,9,15-16H2,1-8H3. The van der Waals surface area contributed by atoms with Crippen LogP contribution in [0.2, 0.25) is 0 Å². The first kappa shape index (κ1) is 23.3. The first-order valence-electron chi connectivity index (χ1n) is 11.7. The van der Waals surface area contributed by atoms with E-state index in [1.807, 2.05) is 32.9 Å². The van der Waals surface area contributed by atoms with Crippen molar-refractivity contribution in [2.24, 2.45) is 4.99 Å². The summed E-state index contributed by atoms with van der Waals surface area (Å²) in [4.78, 5) is 17.7. The Morgan fingerprint density at radius 2 is 1.79 bits per heavy atom. The third-order valence-corrected chi connectivity index (χ3v) is 6.57. The van der Waals surface area contributed by atoms with Gasteiger partial charge in [0, 0.05) is 23.1 Å². The molecule has 2 aliphatic rings. The molecule has 176 valence electrons. The molecule has 5 nitrogen and oxygen atoms in total. The van der Waals surface area contributed by atoms with Crippen molar-refractivity contribution < 1.29 is 19.0 Å². The maximum absolute atomic E-state index is 12.5. The number of ether oxygens (including phenoxy) is 3. The molecule has 0 spiro atoms. The second kappa shape index (κ2) is 7.89. The zero-order valence-electron chi connectivity index (χ0n) is 21.1. The highest BCUT2D eigenvalue weighted by Gasteiger charge is 2.40. The van der Waals surface area contributed by atoms with Crippen LogP contribution in [0.15, 0.2) is 35.3 Å². The van der Waals surface area contributed by atoms with E-state index < -0.39 is 5.41 Å². The number of carbonyl (C=O) groups is 1. The van der Waals surface area contributed by atoms with Crippen LogP contribution in [0.1, 0.15) is 76.3 Å². The number of methoxy groups -OCH3 is 1. The number of hydrogen-bond donors (Lipinski definition) is 0. The summed E-state index contributed by atoms with van der Waals surface area (Å²) < 4.78 is 17.3. The molecule has 0 atom stereocenters. The van der Waals surface area contributed by atoms with E-state index in [1.165, 1.54) is 11.1 Å². The predicted molar refractivity (Wildman–Crippen MR) is 131 cm³/mol. The van der Waals surface area contributed by atoms with Gasteiger partial charge in [0.1, 0.15) is 5.60 Å². The van der Waals surface area contributed by atoms with Crippen LogP contribution in [0.4, 0.5) is 0 Å². The molecule has 0 bridgehead atoms. The monoisotopic (exact) mass is 449 g/mol. The lowest BCUT2D eigenvalue weighted by atomic mass is 9.80. The number of hydrogen-bond acceptors (Lipinski definition) is 5. The van der Waals surface area contributed by atoms with E-state index >= 15 is 0 Å². The third-order valence-electron chi connectivity index (χ3n) is 6.57. The zero-order chi connectivity index (χ0) is 24.2. The van der Waals surface area contributed by atoms with Gasteiger partial charge in [-0.15, -0.1) is 0 Å². The van der Waals surface area contributed by atoms with Gasteiger partial charge in [-0.05, 0) is 72.1 Å². The molecule has 5 heteroatoms. The molecule has 4 rings (SSSR count). The van der Waals surface area contributed by atoms with E-state index in [-0.39, 0.29) is 17.1 Å². The Labute approximate surface area is 197 Å². The van der Waals surface area contributed by atoms with E-state index in [2.05, 4.69) is 45.9 Å². The number of nitrogens with zero attached hydrogens (tertiary/aromatic N) is 1. The van der Waals surface area contributed by atoms with Crippen molar-refractivity contribution in [3.8, 4) is 11.5 Å². The van der Waals surface area contributed by atoms with Crippen LogP contribution < -0.4 is 9.47 Å². The van der Waals surface area contributed by atoms with Crippen LogP contribution >= 0.6 is 0 Å². The van der Waals surface area contributed by atoms with Crippen molar-refractivity contribution in [2.45, 2.75) is 77.9 Å². The first-order chi connectivity index (χ1) is 15.4. The number of rotatable bonds is 5. The molecular formula is C28H35NO4. The van der Waals surface area contributed by atoms with Gasteiger partial charge in [0.15, 0.2) is 11.5 Å². The van der Waals surface area contributed by atoms with Gasteiger partial charge in [0.05, 0.1) is 30.4 Å². The number of esters is 1. The summed E-state index contributed by atoms with van der Waals surface area (Å²) in [6.07, 6.45) is 1.64. The molecule has 0 fully saturated rings. The van der Waals surface area contributed by atoms with Gasteiger partial charge in [-0.3, -0.25) is 9.79 Å². The van der Waals surface area contributed by atoms with Gasteiger partial charge in [-0.1, -0.05) is 24.3 Å². The van der Waals surface area contributed by atoms with Crippen LogP contribution in [-0.4, -0.2) is 36.5 Å². The average molecular weight is 450 g/mol. The summed E-state index contributed by atoms with van der Waals surface area (Å²) in [6, 6.07) is 10.3. The largest absolute Gasteiger partial charge is 0.493 e. The second-order valence-corrected chi connectivity index (χ2v) is 10.8. The lowest BCUT2D eigenvalue weighted by molar-refractivity contribution is -0.148. The molecule has 0 unspecified atom stereocenters. The van der Waals surface area contributed by atoms with Crippen LogP contribution in [-0.2, 0) is 27.8 Å². The molecular weight excluding hydrogens is 414 g/mol. The molecule has 2 aromatic rings. The van der Waals surface area contributed by atoms with Crippen molar-refractivity contribution in [1.29, 1.82) is 0 Å². The van der Waals surface area contributed by atoms with Crippen molar-refractivity contribution in [1.82, 2.24) is 0 Å². The minimum absolute atomic E-state index is 0.219. The quantitative estimate of drug-likeness (QED) is 0.572. The van der Waals surface area contributed by atoms with E-state index in [4.69, 9.17) is 19.2 Å². The van der Waals surface area contributed by atoms with Gasteiger partial charge in [-0.2, -0.15) is 0 Å². The Hall–Kier alpha value is -2.82. The summed E-state index contributed by atoms with van der Waals surface area (Å²) in [6.45, 7) is 14.5. The highest BCUT2D eigenvalue weighted by Crippen LogP contribution is 2.47. The highest BCUT2D eigenvalue weighted by atomic mass is 16.5. The number of fused-ring (bicyclic) bond motifs is 3. The Balaban J connectivity index is 1.83. The maximum atomic E-state index is 12.5. The van der Waals surface area contributed by atoms with Gasteiger partial charge in [0.25, 0.3) is 0 Å². The molecule has 0 aromatic heterocycles. The van der Waals surface area contributed by atoms with Crippen molar-refractivity contribution in [2.75, 3.05) is 13.7 Å². The zero-order valence-corrected chi connectivity index (χ0v) is 21.1. The fourth-order valence-electron chi connectivity index (χ4n) is 4.90. The van der Waals surface area contributed by atoms with Gasteiger partial charge in [0.2, 0.25) is 0 Å². The highest BCUT2D eigenvalue weighted by molar-refractivity contribution is 6.16. The van der Waals surface area contributed by atoms with E-state index in [1.54, 1.807) is 7.11 Å². The molecule has 2 aliphatic heterocycles. The first-order valence-corrected chi connectivity index (χ1v) is 11.7. The topological polar surface area (TPSA) is 57.1 Å². The second-order valence-electron chi connectivity index (χ2n) is 10.8. The average Bonchev–Trinajstić information content (AvgIpc) is 3.06. The minimum atomic E-state index is -0.716. The van der Waals surface area contributed by atoms with Crippen LogP contribution in [0, 0.1) is 0 Å². The molecule has 33 heavy (non-hydrogen) atoms. The number of aliphatic imine (C=N–C) groups is 1. The summed E-state index contributed by atoms with van der Waals surface area (Å²) in [5.41, 5.74) is 5.24. The molecule has 0 radical (unpaired) electrons. The van der Waals surface area contributed by atoms with Crippen molar-refractivity contribution >= 4 is 11.7 Å². The van der Waals surface area contributed by atoms with Crippen LogP contribution in [0.25, 0.3) is 0 Å². The number of benzene rings is 2.